The van der Waals surface area contributed by atoms with Gasteiger partial charge in [-0.05, 0) is 26.0 Å². The number of nitrogens with one attached hydrogen (secondary N) is 1. The molecule has 0 spiro atoms. The maximum absolute atomic E-state index is 12.4. The van der Waals surface area contributed by atoms with Crippen molar-refractivity contribution in [2.75, 3.05) is 12.4 Å². The number of benzene rings is 2. The van der Waals surface area contributed by atoms with E-state index in [-0.39, 0.29) is 23.3 Å². The van der Waals surface area contributed by atoms with Gasteiger partial charge < -0.3 is 15.4 Å². The van der Waals surface area contributed by atoms with Gasteiger partial charge in [0.1, 0.15) is 17.5 Å². The lowest BCUT2D eigenvalue weighted by Crippen LogP contribution is -2.91. The fourth-order valence-electron chi connectivity index (χ4n) is 2.53. The zero-order valence-corrected chi connectivity index (χ0v) is 14.4. The van der Waals surface area contributed by atoms with E-state index in [1.54, 1.807) is 13.0 Å². The normalized spacial score (nSPS) is 12.9. The zero-order valence-electron chi connectivity index (χ0n) is 14.4. The zero-order chi connectivity index (χ0) is 18.4. The van der Waals surface area contributed by atoms with Crippen molar-refractivity contribution >= 4 is 17.3 Å². The van der Waals surface area contributed by atoms with Crippen LogP contribution in [0.25, 0.3) is 0 Å². The number of anilines is 1. The van der Waals surface area contributed by atoms with E-state index in [1.807, 2.05) is 42.6 Å². The smallest absolute Gasteiger partial charge is 0.296 e. The Morgan fingerprint density at radius 1 is 1.20 bits per heavy atom. The molecule has 0 unspecified atom stereocenters. The van der Waals surface area contributed by atoms with Gasteiger partial charge in [0.15, 0.2) is 6.04 Å². The van der Waals surface area contributed by atoms with Crippen molar-refractivity contribution < 1.29 is 19.8 Å². The van der Waals surface area contributed by atoms with Gasteiger partial charge in [0.25, 0.3) is 11.6 Å². The molecule has 3 N–H and O–H groups in total. The number of nitrogens with zero attached hydrogens (tertiary/aromatic N) is 1. The van der Waals surface area contributed by atoms with Crippen LogP contribution < -0.4 is 15.4 Å². The van der Waals surface area contributed by atoms with Gasteiger partial charge in [0, 0.05) is 5.56 Å². The van der Waals surface area contributed by atoms with E-state index in [0.29, 0.717) is 5.75 Å². The molecule has 7 nitrogen and oxygen atoms in total. The van der Waals surface area contributed by atoms with Crippen molar-refractivity contribution in [3.05, 3.63) is 64.2 Å². The summed E-state index contributed by atoms with van der Waals surface area (Å²) in [7, 11) is 1.43. The monoisotopic (exact) mass is 344 g/mol. The fourth-order valence-corrected chi connectivity index (χ4v) is 2.53. The Balaban J connectivity index is 2.07. The van der Waals surface area contributed by atoms with Crippen LogP contribution in [0.2, 0.25) is 0 Å². The summed E-state index contributed by atoms with van der Waals surface area (Å²) in [5, 5.41) is 15.7. The van der Waals surface area contributed by atoms with Crippen molar-refractivity contribution in [3.63, 3.8) is 0 Å². The van der Waals surface area contributed by atoms with Gasteiger partial charge in [-0.25, -0.2) is 0 Å². The van der Waals surface area contributed by atoms with Crippen LogP contribution in [0.4, 0.5) is 11.4 Å². The van der Waals surface area contributed by atoms with Gasteiger partial charge in [-0.2, -0.15) is 0 Å². The molecule has 1 amide bonds. The van der Waals surface area contributed by atoms with Crippen molar-refractivity contribution in [2.45, 2.75) is 25.9 Å². The minimum absolute atomic E-state index is 0.0906. The van der Waals surface area contributed by atoms with E-state index in [0.717, 1.165) is 5.56 Å². The first kappa shape index (κ1) is 18.4. The molecular weight excluding hydrogens is 322 g/mol. The Kier molecular flexibility index (Phi) is 6.08. The number of rotatable bonds is 7. The van der Waals surface area contributed by atoms with E-state index in [4.69, 9.17) is 4.74 Å². The Morgan fingerprint density at radius 2 is 1.88 bits per heavy atom. The lowest BCUT2D eigenvalue weighted by molar-refractivity contribution is -0.709. The first-order valence-electron chi connectivity index (χ1n) is 7.95. The molecule has 0 aliphatic rings. The van der Waals surface area contributed by atoms with E-state index in [2.05, 4.69) is 5.32 Å². The van der Waals surface area contributed by atoms with Crippen molar-refractivity contribution in [1.82, 2.24) is 0 Å². The fraction of sp³-hybridized carbons (Fsp3) is 0.278. The highest BCUT2D eigenvalue weighted by molar-refractivity contribution is 5.95. The molecule has 0 heterocycles. The van der Waals surface area contributed by atoms with Crippen LogP contribution in [-0.4, -0.2) is 24.0 Å². The quantitative estimate of drug-likeness (QED) is 0.594. The molecule has 2 rings (SSSR count). The largest absolute Gasteiger partial charge is 0.496 e. The average molecular weight is 344 g/mol. The van der Waals surface area contributed by atoms with Gasteiger partial charge >= 0.3 is 0 Å². The second-order valence-corrected chi connectivity index (χ2v) is 5.81. The number of amides is 1. The molecule has 0 aliphatic carbocycles. The summed E-state index contributed by atoms with van der Waals surface area (Å²) in [4.78, 5) is 23.1. The molecule has 0 saturated heterocycles. The van der Waals surface area contributed by atoms with Gasteiger partial charge in [0.2, 0.25) is 0 Å². The lowest BCUT2D eigenvalue weighted by Gasteiger charge is -2.17. The molecule has 2 aromatic rings. The van der Waals surface area contributed by atoms with Crippen LogP contribution in [0, 0.1) is 10.1 Å². The molecule has 2 aromatic carbocycles. The van der Waals surface area contributed by atoms with E-state index < -0.39 is 11.0 Å². The minimum atomic E-state index is -0.543. The molecule has 0 radical (unpaired) electrons. The minimum Gasteiger partial charge on any atom is -0.496 e. The van der Waals surface area contributed by atoms with Crippen molar-refractivity contribution in [3.8, 4) is 5.75 Å². The molecule has 25 heavy (non-hydrogen) atoms. The number of nitrogens with two attached hydrogens (primary N) is 1. The molecule has 7 heteroatoms. The average Bonchev–Trinajstić information content (AvgIpc) is 2.62. The summed E-state index contributed by atoms with van der Waals surface area (Å²) in [6, 6.07) is 13.9. The predicted molar refractivity (Wildman–Crippen MR) is 94.5 cm³/mol. The summed E-state index contributed by atoms with van der Waals surface area (Å²) in [6.07, 6.45) is 0. The Labute approximate surface area is 146 Å². The molecule has 0 aliphatic heterocycles. The van der Waals surface area contributed by atoms with Crippen molar-refractivity contribution in [1.29, 1.82) is 0 Å². The Morgan fingerprint density at radius 3 is 2.48 bits per heavy atom. The van der Waals surface area contributed by atoms with E-state index in [9.17, 15) is 14.9 Å². The van der Waals surface area contributed by atoms with Crippen LogP contribution in [-0.2, 0) is 4.79 Å². The third kappa shape index (κ3) is 4.77. The summed E-state index contributed by atoms with van der Waals surface area (Å²) in [5.74, 6) is 0.0676. The van der Waals surface area contributed by atoms with Gasteiger partial charge in [-0.1, -0.05) is 30.3 Å². The lowest BCUT2D eigenvalue weighted by atomic mass is 10.1. The van der Waals surface area contributed by atoms with Gasteiger partial charge in [-0.15, -0.1) is 0 Å². The number of hydrogen-bond acceptors (Lipinski definition) is 4. The number of nitro groups is 1. The molecule has 0 saturated carbocycles. The second kappa shape index (κ2) is 8.25. The number of carbonyl (C=O) groups excluding carboxylic acids is 1. The van der Waals surface area contributed by atoms with Crippen LogP contribution in [0.1, 0.15) is 25.5 Å². The standard InChI is InChI=1S/C18H21N3O4/c1-12(14-7-5-4-6-8-14)19-13(2)18(22)20-16-10-9-15(25-3)11-17(16)21(23)24/h4-13,19H,1-3H3,(H,20,22)/p+1/t12-,13-/m1/s1. The molecule has 0 bridgehead atoms. The number of ether oxygens (including phenoxy) is 1. The van der Waals surface area contributed by atoms with Crippen LogP contribution in [0.3, 0.4) is 0 Å². The van der Waals surface area contributed by atoms with Gasteiger partial charge in [0.05, 0.1) is 18.1 Å². The highest BCUT2D eigenvalue weighted by Crippen LogP contribution is 2.28. The SMILES string of the molecule is COc1ccc(NC(=O)[C@@H](C)[NH2+][C@H](C)c2ccccc2)c([N+](=O)[O-])c1. The summed E-state index contributed by atoms with van der Waals surface area (Å²) < 4.78 is 4.99. The number of quaternary nitrogens is 1. The maximum atomic E-state index is 12.4. The number of hydrogen-bond donors (Lipinski definition) is 2. The first-order valence-corrected chi connectivity index (χ1v) is 7.95. The third-order valence-corrected chi connectivity index (χ3v) is 3.98. The highest BCUT2D eigenvalue weighted by Gasteiger charge is 2.23. The van der Waals surface area contributed by atoms with Crippen LogP contribution in [0.5, 0.6) is 5.75 Å². The van der Waals surface area contributed by atoms with Crippen LogP contribution >= 0.6 is 0 Å². The van der Waals surface area contributed by atoms with E-state index in [1.165, 1.54) is 19.2 Å². The molecular formula is C18H22N3O4+. The Hall–Kier alpha value is -2.93. The number of methoxy groups -OCH3 is 1. The summed E-state index contributed by atoms with van der Waals surface area (Å²) >= 11 is 0. The van der Waals surface area contributed by atoms with E-state index >= 15 is 0 Å². The molecule has 0 aromatic heterocycles. The van der Waals surface area contributed by atoms with Gasteiger partial charge in [-0.3, -0.25) is 14.9 Å². The highest BCUT2D eigenvalue weighted by atomic mass is 16.6. The first-order chi connectivity index (χ1) is 11.9. The number of carbonyl (C=O) groups is 1. The van der Waals surface area contributed by atoms with Crippen LogP contribution in [0.15, 0.2) is 48.5 Å². The molecule has 0 fully saturated rings. The molecule has 2 atom stereocenters. The Bertz CT molecular complexity index is 749. The molecule has 132 valence electrons. The maximum Gasteiger partial charge on any atom is 0.296 e. The second-order valence-electron chi connectivity index (χ2n) is 5.81. The third-order valence-electron chi connectivity index (χ3n) is 3.98. The summed E-state index contributed by atoms with van der Waals surface area (Å²) in [6.45, 7) is 3.78. The topological polar surface area (TPSA) is 98.1 Å². The summed E-state index contributed by atoms with van der Waals surface area (Å²) in [5.41, 5.74) is 1.07. The number of nitro benzene ring substituents is 1. The predicted octanol–water partition coefficient (Wildman–Crippen LogP) is 2.25. The van der Waals surface area contributed by atoms with Crippen molar-refractivity contribution in [2.24, 2.45) is 0 Å².